The zero-order valence-corrected chi connectivity index (χ0v) is 18.8. The van der Waals surface area contributed by atoms with E-state index in [9.17, 15) is 0 Å². The van der Waals surface area contributed by atoms with Crippen LogP contribution in [-0.2, 0) is 13.0 Å². The van der Waals surface area contributed by atoms with Gasteiger partial charge in [0.2, 0.25) is 0 Å². The first-order chi connectivity index (χ1) is 13.2. The Morgan fingerprint density at radius 1 is 1.18 bits per heavy atom. The average Bonchev–Trinajstić information content (AvgIpc) is 3.12. The van der Waals surface area contributed by atoms with E-state index in [0.717, 1.165) is 49.1 Å². The number of ether oxygens (including phenoxy) is 1. The molecule has 0 amide bonds. The fourth-order valence-electron chi connectivity index (χ4n) is 2.97. The quantitative estimate of drug-likeness (QED) is 0.237. The van der Waals surface area contributed by atoms with Gasteiger partial charge in [0.25, 0.3) is 0 Å². The lowest BCUT2D eigenvalue weighted by Crippen LogP contribution is -2.39. The van der Waals surface area contributed by atoms with Crippen molar-refractivity contribution in [1.29, 1.82) is 0 Å². The number of rotatable bonds is 7. The summed E-state index contributed by atoms with van der Waals surface area (Å²) in [5.74, 6) is 2.72. The normalized spacial score (nSPS) is 11.2. The number of aliphatic imine (C=N–C) groups is 1. The Bertz CT molecular complexity index is 893. The van der Waals surface area contributed by atoms with Crippen LogP contribution < -0.4 is 10.1 Å². The molecule has 28 heavy (non-hydrogen) atoms. The van der Waals surface area contributed by atoms with Crippen molar-refractivity contribution in [2.75, 3.05) is 27.7 Å². The van der Waals surface area contributed by atoms with Crippen LogP contribution in [-0.4, -0.2) is 53.2 Å². The molecule has 3 aromatic rings. The van der Waals surface area contributed by atoms with E-state index in [4.69, 9.17) is 4.74 Å². The molecule has 1 N–H and O–H groups in total. The largest absolute Gasteiger partial charge is 0.497 e. The van der Waals surface area contributed by atoms with Crippen molar-refractivity contribution >= 4 is 35.6 Å². The van der Waals surface area contributed by atoms with Crippen LogP contribution in [0.4, 0.5) is 0 Å². The third-order valence-electron chi connectivity index (χ3n) is 4.40. The van der Waals surface area contributed by atoms with Gasteiger partial charge >= 0.3 is 0 Å². The van der Waals surface area contributed by atoms with Gasteiger partial charge in [-0.1, -0.05) is 18.2 Å². The van der Waals surface area contributed by atoms with Crippen LogP contribution in [0.1, 0.15) is 17.8 Å². The van der Waals surface area contributed by atoms with E-state index in [0.29, 0.717) is 0 Å². The Labute approximate surface area is 182 Å². The second-order valence-electron chi connectivity index (χ2n) is 6.33. The number of fused-ring (bicyclic) bond motifs is 1. The maximum atomic E-state index is 5.20. The SMILES string of the molecule is CN=C(NCCCc1nnc2ccccn12)N(C)Cc1ccc(OC)cc1.I. The first-order valence-electron chi connectivity index (χ1n) is 9.04. The third-order valence-corrected chi connectivity index (χ3v) is 4.40. The molecule has 0 fully saturated rings. The van der Waals surface area contributed by atoms with E-state index >= 15 is 0 Å². The van der Waals surface area contributed by atoms with Gasteiger partial charge in [0.1, 0.15) is 11.6 Å². The highest BCUT2D eigenvalue weighted by Gasteiger charge is 2.08. The second kappa shape index (κ2) is 10.8. The summed E-state index contributed by atoms with van der Waals surface area (Å²) in [6.07, 6.45) is 3.81. The Balaban J connectivity index is 0.00000280. The number of pyridine rings is 1. The summed E-state index contributed by atoms with van der Waals surface area (Å²) in [4.78, 5) is 6.48. The number of benzene rings is 1. The maximum Gasteiger partial charge on any atom is 0.193 e. The van der Waals surface area contributed by atoms with Crippen LogP contribution in [0, 0.1) is 0 Å². The average molecular weight is 494 g/mol. The number of aryl methyl sites for hydroxylation is 1. The number of methoxy groups -OCH3 is 1. The van der Waals surface area contributed by atoms with E-state index in [1.807, 2.05) is 48.0 Å². The lowest BCUT2D eigenvalue weighted by Gasteiger charge is -2.22. The van der Waals surface area contributed by atoms with Crippen molar-refractivity contribution in [3.05, 3.63) is 60.0 Å². The van der Waals surface area contributed by atoms with Gasteiger partial charge in [-0.05, 0) is 36.2 Å². The van der Waals surface area contributed by atoms with E-state index in [1.165, 1.54) is 5.56 Å². The summed E-state index contributed by atoms with van der Waals surface area (Å²) in [6.45, 7) is 1.60. The monoisotopic (exact) mass is 494 g/mol. The summed E-state index contributed by atoms with van der Waals surface area (Å²) in [7, 11) is 5.51. The molecule has 0 spiro atoms. The van der Waals surface area contributed by atoms with Gasteiger partial charge in [-0.3, -0.25) is 9.39 Å². The van der Waals surface area contributed by atoms with Gasteiger partial charge in [-0.25, -0.2) is 0 Å². The molecule has 2 aromatic heterocycles. The maximum absolute atomic E-state index is 5.20. The van der Waals surface area contributed by atoms with Gasteiger partial charge in [0, 0.05) is 39.8 Å². The summed E-state index contributed by atoms with van der Waals surface area (Å²) < 4.78 is 7.24. The highest BCUT2D eigenvalue weighted by molar-refractivity contribution is 14.0. The molecule has 0 saturated heterocycles. The summed E-state index contributed by atoms with van der Waals surface area (Å²) >= 11 is 0. The van der Waals surface area contributed by atoms with E-state index < -0.39 is 0 Å². The zero-order valence-electron chi connectivity index (χ0n) is 16.5. The van der Waals surface area contributed by atoms with Crippen molar-refractivity contribution < 1.29 is 4.74 Å². The molecule has 0 atom stereocenters. The molecule has 0 unspecified atom stereocenters. The minimum Gasteiger partial charge on any atom is -0.497 e. The highest BCUT2D eigenvalue weighted by atomic mass is 127. The van der Waals surface area contributed by atoms with Crippen LogP contribution >= 0.6 is 24.0 Å². The number of aromatic nitrogens is 3. The van der Waals surface area contributed by atoms with Gasteiger partial charge < -0.3 is 15.0 Å². The number of halogens is 1. The molecule has 7 nitrogen and oxygen atoms in total. The van der Waals surface area contributed by atoms with Gasteiger partial charge in [0.15, 0.2) is 11.6 Å². The number of nitrogens with zero attached hydrogens (tertiary/aromatic N) is 5. The van der Waals surface area contributed by atoms with E-state index in [1.54, 1.807) is 14.2 Å². The first-order valence-corrected chi connectivity index (χ1v) is 9.04. The molecule has 1 aromatic carbocycles. The zero-order chi connectivity index (χ0) is 19.1. The number of hydrogen-bond donors (Lipinski definition) is 1. The molecule has 0 bridgehead atoms. The second-order valence-corrected chi connectivity index (χ2v) is 6.33. The van der Waals surface area contributed by atoms with Crippen molar-refractivity contribution in [3.8, 4) is 5.75 Å². The van der Waals surface area contributed by atoms with E-state index in [-0.39, 0.29) is 24.0 Å². The summed E-state index contributed by atoms with van der Waals surface area (Å²) in [6, 6.07) is 14.0. The topological polar surface area (TPSA) is 67.0 Å². The molecule has 0 aliphatic carbocycles. The predicted octanol–water partition coefficient (Wildman–Crippen LogP) is 3.00. The standard InChI is InChI=1S/C20H26N6O.HI/c1-21-20(25(2)15-16-9-11-17(27-3)12-10-16)22-13-6-8-19-24-23-18-7-4-5-14-26(18)19;/h4-5,7,9-12,14H,6,8,13,15H2,1-3H3,(H,21,22);1H. The van der Waals surface area contributed by atoms with Crippen LogP contribution in [0.5, 0.6) is 5.75 Å². The van der Waals surface area contributed by atoms with Crippen molar-refractivity contribution in [1.82, 2.24) is 24.8 Å². The molecule has 0 aliphatic rings. The van der Waals surface area contributed by atoms with Crippen molar-refractivity contribution in [2.24, 2.45) is 4.99 Å². The van der Waals surface area contributed by atoms with Gasteiger partial charge in [0.05, 0.1) is 7.11 Å². The fraction of sp³-hybridized carbons (Fsp3) is 0.350. The molecule has 0 radical (unpaired) electrons. The molecule has 150 valence electrons. The molecule has 8 heteroatoms. The Hall–Kier alpha value is -2.36. The molecular weight excluding hydrogens is 467 g/mol. The number of hydrogen-bond acceptors (Lipinski definition) is 4. The highest BCUT2D eigenvalue weighted by Crippen LogP contribution is 2.12. The lowest BCUT2D eigenvalue weighted by molar-refractivity contribution is 0.414. The minimum atomic E-state index is 0. The molecular formula is C20H27IN6O. The molecule has 3 rings (SSSR count). The van der Waals surface area contributed by atoms with Crippen molar-refractivity contribution in [2.45, 2.75) is 19.4 Å². The van der Waals surface area contributed by atoms with Crippen LogP contribution in [0.2, 0.25) is 0 Å². The van der Waals surface area contributed by atoms with Gasteiger partial charge in [-0.2, -0.15) is 0 Å². The Morgan fingerprint density at radius 3 is 2.68 bits per heavy atom. The molecule has 0 saturated carbocycles. The first kappa shape index (κ1) is 21.9. The van der Waals surface area contributed by atoms with Crippen LogP contribution in [0.25, 0.3) is 5.65 Å². The lowest BCUT2D eigenvalue weighted by atomic mass is 10.2. The minimum absolute atomic E-state index is 0. The summed E-state index contributed by atoms with van der Waals surface area (Å²) in [5.41, 5.74) is 2.09. The van der Waals surface area contributed by atoms with Crippen LogP contribution in [0.3, 0.4) is 0 Å². The van der Waals surface area contributed by atoms with Crippen LogP contribution in [0.15, 0.2) is 53.7 Å². The Morgan fingerprint density at radius 2 is 1.96 bits per heavy atom. The number of guanidine groups is 1. The molecule has 0 aliphatic heterocycles. The van der Waals surface area contributed by atoms with Crippen molar-refractivity contribution in [3.63, 3.8) is 0 Å². The number of nitrogens with one attached hydrogen (secondary N) is 1. The fourth-order valence-corrected chi connectivity index (χ4v) is 2.97. The third kappa shape index (κ3) is 5.57. The molecule has 2 heterocycles. The van der Waals surface area contributed by atoms with Gasteiger partial charge in [-0.15, -0.1) is 34.2 Å². The van der Waals surface area contributed by atoms with E-state index in [2.05, 4.69) is 37.5 Å². The smallest absolute Gasteiger partial charge is 0.193 e. The summed E-state index contributed by atoms with van der Waals surface area (Å²) in [5, 5.41) is 11.9. The Kier molecular flexibility index (Phi) is 8.49. The predicted molar refractivity (Wildman–Crippen MR) is 123 cm³/mol.